The molecular weight excluding hydrogens is 577 g/mol. The Balaban J connectivity index is 2.16. The molecule has 1 unspecified atom stereocenters. The van der Waals surface area contributed by atoms with Gasteiger partial charge in [-0.2, -0.15) is 0 Å². The van der Waals surface area contributed by atoms with Crippen molar-refractivity contribution in [3.05, 3.63) is 82.3 Å². The fourth-order valence-corrected chi connectivity index (χ4v) is 6.05. The van der Waals surface area contributed by atoms with Gasteiger partial charge in [-0.25, -0.2) is 8.42 Å². The molecule has 2 amide bonds. The predicted molar refractivity (Wildman–Crippen MR) is 156 cm³/mol. The van der Waals surface area contributed by atoms with Crippen molar-refractivity contribution in [3.8, 4) is 11.5 Å². The van der Waals surface area contributed by atoms with Crippen molar-refractivity contribution in [2.24, 2.45) is 0 Å². The zero-order valence-electron chi connectivity index (χ0n) is 22.6. The highest BCUT2D eigenvalue weighted by atomic mass is 35.5. The molecule has 0 aliphatic rings. The van der Waals surface area contributed by atoms with Crippen molar-refractivity contribution in [3.63, 3.8) is 0 Å². The van der Waals surface area contributed by atoms with E-state index in [9.17, 15) is 18.0 Å². The maximum Gasteiger partial charge on any atom is 0.264 e. The molecule has 1 atom stereocenters. The van der Waals surface area contributed by atoms with Crippen LogP contribution in [0.15, 0.2) is 71.6 Å². The van der Waals surface area contributed by atoms with Gasteiger partial charge in [-0.3, -0.25) is 13.9 Å². The molecule has 0 aliphatic heterocycles. The zero-order chi connectivity index (χ0) is 29.4. The van der Waals surface area contributed by atoms with Crippen molar-refractivity contribution >= 4 is 50.7 Å². The molecule has 1 N–H and O–H groups in total. The van der Waals surface area contributed by atoms with Crippen LogP contribution in [0.3, 0.4) is 0 Å². The maximum atomic E-state index is 14.1. The van der Waals surface area contributed by atoms with Gasteiger partial charge in [0.15, 0.2) is 0 Å². The molecule has 3 rings (SSSR count). The first-order valence-electron chi connectivity index (χ1n) is 12.3. The van der Waals surface area contributed by atoms with Crippen LogP contribution in [0.1, 0.15) is 18.9 Å². The SMILES string of the molecule is CCC(C(=O)NC)N(Cc1ccc(Cl)cc1Cl)C(=O)CN(c1cc(OC)ccc1OC)S(=O)(=O)c1ccccc1. The highest BCUT2D eigenvalue weighted by Crippen LogP contribution is 2.36. The average molecular weight is 609 g/mol. The molecule has 214 valence electrons. The predicted octanol–water partition coefficient (Wildman–Crippen LogP) is 4.76. The van der Waals surface area contributed by atoms with Crippen LogP contribution in [0, 0.1) is 0 Å². The number of ether oxygens (including phenoxy) is 2. The summed E-state index contributed by atoms with van der Waals surface area (Å²) in [6.45, 7) is 1.06. The lowest BCUT2D eigenvalue weighted by atomic mass is 10.1. The molecule has 0 bridgehead atoms. The van der Waals surface area contributed by atoms with Crippen molar-refractivity contribution < 1.29 is 27.5 Å². The molecule has 0 saturated heterocycles. The highest BCUT2D eigenvalue weighted by Gasteiger charge is 2.35. The number of halogens is 2. The summed E-state index contributed by atoms with van der Waals surface area (Å²) < 4.78 is 39.7. The summed E-state index contributed by atoms with van der Waals surface area (Å²) in [6, 6.07) is 16.3. The average Bonchev–Trinajstić information content (AvgIpc) is 2.96. The molecule has 0 aromatic heterocycles. The van der Waals surface area contributed by atoms with E-state index < -0.39 is 34.4 Å². The van der Waals surface area contributed by atoms with E-state index in [1.54, 1.807) is 49.4 Å². The van der Waals surface area contributed by atoms with Crippen LogP contribution in [0.4, 0.5) is 5.69 Å². The van der Waals surface area contributed by atoms with Gasteiger partial charge in [0.2, 0.25) is 11.8 Å². The summed E-state index contributed by atoms with van der Waals surface area (Å²) in [7, 11) is 0.0303. The van der Waals surface area contributed by atoms with E-state index in [0.29, 0.717) is 21.4 Å². The monoisotopic (exact) mass is 607 g/mol. The Morgan fingerprint density at radius 1 is 0.975 bits per heavy atom. The van der Waals surface area contributed by atoms with Crippen LogP contribution < -0.4 is 19.1 Å². The van der Waals surface area contributed by atoms with E-state index in [0.717, 1.165) is 4.31 Å². The van der Waals surface area contributed by atoms with Crippen molar-refractivity contribution in [1.82, 2.24) is 10.2 Å². The Morgan fingerprint density at radius 3 is 2.25 bits per heavy atom. The molecule has 0 fully saturated rings. The van der Waals surface area contributed by atoms with Crippen LogP contribution in [0.2, 0.25) is 10.0 Å². The molecule has 0 aliphatic carbocycles. The number of likely N-dealkylation sites (N-methyl/N-ethyl adjacent to an activating group) is 1. The molecular formula is C28H31Cl2N3O6S. The summed E-state index contributed by atoms with van der Waals surface area (Å²) in [5, 5.41) is 3.30. The summed E-state index contributed by atoms with van der Waals surface area (Å²) in [6.07, 6.45) is 0.268. The smallest absolute Gasteiger partial charge is 0.264 e. The van der Waals surface area contributed by atoms with Gasteiger partial charge < -0.3 is 19.7 Å². The lowest BCUT2D eigenvalue weighted by Gasteiger charge is -2.33. The Bertz CT molecular complexity index is 1450. The van der Waals surface area contributed by atoms with Crippen LogP contribution >= 0.6 is 23.2 Å². The molecule has 0 heterocycles. The fraction of sp³-hybridized carbons (Fsp3) is 0.286. The first-order chi connectivity index (χ1) is 19.1. The second-order valence-electron chi connectivity index (χ2n) is 8.66. The summed E-state index contributed by atoms with van der Waals surface area (Å²) >= 11 is 12.5. The summed E-state index contributed by atoms with van der Waals surface area (Å²) in [5.74, 6) is -0.472. The maximum absolute atomic E-state index is 14.1. The number of carbonyl (C=O) groups is 2. The number of rotatable bonds is 12. The second-order valence-corrected chi connectivity index (χ2v) is 11.4. The number of nitrogens with one attached hydrogen (secondary N) is 1. The molecule has 3 aromatic rings. The van der Waals surface area contributed by atoms with Gasteiger partial charge in [0, 0.05) is 29.7 Å². The van der Waals surface area contributed by atoms with Gasteiger partial charge in [-0.15, -0.1) is 0 Å². The molecule has 0 spiro atoms. The van der Waals surface area contributed by atoms with Gasteiger partial charge in [-0.05, 0) is 48.4 Å². The first kappa shape index (κ1) is 31.1. The number of hydrogen-bond acceptors (Lipinski definition) is 6. The summed E-state index contributed by atoms with van der Waals surface area (Å²) in [4.78, 5) is 28.2. The quantitative estimate of drug-likeness (QED) is 0.318. The van der Waals surface area contributed by atoms with Gasteiger partial charge in [-0.1, -0.05) is 54.4 Å². The Kier molecular flexibility index (Phi) is 10.7. The summed E-state index contributed by atoms with van der Waals surface area (Å²) in [5.41, 5.74) is 0.634. The number of benzene rings is 3. The Hall–Kier alpha value is -3.47. The Morgan fingerprint density at radius 2 is 1.68 bits per heavy atom. The molecule has 0 radical (unpaired) electrons. The topological polar surface area (TPSA) is 105 Å². The first-order valence-corrected chi connectivity index (χ1v) is 14.5. The number of amides is 2. The zero-order valence-corrected chi connectivity index (χ0v) is 24.9. The van der Waals surface area contributed by atoms with E-state index in [1.807, 2.05) is 0 Å². The number of carbonyl (C=O) groups excluding carboxylic acids is 2. The molecule has 40 heavy (non-hydrogen) atoms. The van der Waals surface area contributed by atoms with E-state index in [4.69, 9.17) is 32.7 Å². The minimum absolute atomic E-state index is 0.0293. The number of hydrogen-bond donors (Lipinski definition) is 1. The third kappa shape index (κ3) is 6.99. The lowest BCUT2D eigenvalue weighted by molar-refractivity contribution is -0.140. The highest BCUT2D eigenvalue weighted by molar-refractivity contribution is 7.92. The van der Waals surface area contributed by atoms with Crippen LogP contribution in [0.25, 0.3) is 0 Å². The van der Waals surface area contributed by atoms with Crippen molar-refractivity contribution in [1.29, 1.82) is 0 Å². The van der Waals surface area contributed by atoms with Crippen LogP contribution in [-0.2, 0) is 26.2 Å². The van der Waals surface area contributed by atoms with E-state index in [-0.39, 0.29) is 29.3 Å². The molecule has 3 aromatic carbocycles. The largest absolute Gasteiger partial charge is 0.497 e. The second kappa shape index (κ2) is 13.7. The minimum Gasteiger partial charge on any atom is -0.497 e. The van der Waals surface area contributed by atoms with E-state index in [2.05, 4.69) is 5.32 Å². The van der Waals surface area contributed by atoms with Gasteiger partial charge in [0.05, 0.1) is 24.8 Å². The normalized spacial score (nSPS) is 11.8. The third-order valence-electron chi connectivity index (χ3n) is 6.25. The number of nitrogens with zero attached hydrogens (tertiary/aromatic N) is 2. The fourth-order valence-electron chi connectivity index (χ4n) is 4.14. The number of methoxy groups -OCH3 is 2. The van der Waals surface area contributed by atoms with Crippen molar-refractivity contribution in [2.75, 3.05) is 32.1 Å². The van der Waals surface area contributed by atoms with E-state index >= 15 is 0 Å². The standard InChI is InChI=1S/C28H31Cl2N3O6S/c1-5-24(28(35)31-2)32(17-19-11-12-20(29)15-23(19)30)27(34)18-33(40(36,37)22-9-7-6-8-10-22)25-16-21(38-3)13-14-26(25)39-4/h6-16,24H,5,17-18H2,1-4H3,(H,31,35). The number of sulfonamides is 1. The third-order valence-corrected chi connectivity index (χ3v) is 8.61. The van der Waals surface area contributed by atoms with Gasteiger partial charge in [0.1, 0.15) is 24.1 Å². The van der Waals surface area contributed by atoms with Crippen LogP contribution in [-0.4, -0.2) is 59.0 Å². The van der Waals surface area contributed by atoms with Gasteiger partial charge >= 0.3 is 0 Å². The molecule has 9 nitrogen and oxygen atoms in total. The molecule has 12 heteroatoms. The minimum atomic E-state index is -4.28. The Labute approximate surface area is 244 Å². The van der Waals surface area contributed by atoms with Gasteiger partial charge in [0.25, 0.3) is 10.0 Å². The van der Waals surface area contributed by atoms with Crippen molar-refractivity contribution in [2.45, 2.75) is 30.8 Å². The van der Waals surface area contributed by atoms with E-state index in [1.165, 1.54) is 50.4 Å². The lowest BCUT2D eigenvalue weighted by Crippen LogP contribution is -2.51. The molecule has 0 saturated carbocycles. The van der Waals surface area contributed by atoms with Crippen LogP contribution in [0.5, 0.6) is 11.5 Å². The number of anilines is 1.